The van der Waals surface area contributed by atoms with E-state index in [-0.39, 0.29) is 18.4 Å². The first kappa shape index (κ1) is 14.5. The molecule has 0 saturated carbocycles. The van der Waals surface area contributed by atoms with E-state index < -0.39 is 5.41 Å². The number of nitriles is 2. The Hall–Kier alpha value is -1.55. The van der Waals surface area contributed by atoms with Gasteiger partial charge in [0.05, 0.1) is 18.6 Å². The van der Waals surface area contributed by atoms with Crippen molar-refractivity contribution < 1.29 is 4.79 Å². The average molecular weight is 221 g/mol. The van der Waals surface area contributed by atoms with Crippen molar-refractivity contribution in [2.75, 3.05) is 7.05 Å². The van der Waals surface area contributed by atoms with E-state index in [2.05, 4.69) is 6.07 Å². The van der Waals surface area contributed by atoms with Gasteiger partial charge < -0.3 is 4.90 Å². The number of carbonyl (C=O) groups excluding carboxylic acids is 1. The maximum atomic E-state index is 12.2. The molecule has 0 aromatic carbocycles. The Morgan fingerprint density at radius 3 is 2.19 bits per heavy atom. The summed E-state index contributed by atoms with van der Waals surface area (Å²) in [5.74, 6) is -0.178. The Bertz CT molecular complexity index is 320. The largest absolute Gasteiger partial charge is 0.341 e. The van der Waals surface area contributed by atoms with Crippen LogP contribution in [0, 0.1) is 28.1 Å². The minimum absolute atomic E-state index is 0.150. The summed E-state index contributed by atoms with van der Waals surface area (Å²) >= 11 is 0. The second-order valence-electron chi connectivity index (χ2n) is 4.03. The van der Waals surface area contributed by atoms with E-state index in [1.165, 1.54) is 4.90 Å². The Kier molecular flexibility index (Phi) is 5.53. The van der Waals surface area contributed by atoms with Crippen molar-refractivity contribution in [1.29, 1.82) is 10.5 Å². The first-order valence-electron chi connectivity index (χ1n) is 5.54. The molecule has 0 aromatic rings. The van der Waals surface area contributed by atoms with Gasteiger partial charge in [0, 0.05) is 13.1 Å². The average Bonchev–Trinajstić information content (AvgIpc) is 2.31. The summed E-state index contributed by atoms with van der Waals surface area (Å²) in [7, 11) is 1.65. The molecule has 1 amide bonds. The number of hydrogen-bond donors (Lipinski definition) is 0. The monoisotopic (exact) mass is 221 g/mol. The summed E-state index contributed by atoms with van der Waals surface area (Å²) in [5.41, 5.74) is -0.932. The van der Waals surface area contributed by atoms with Crippen molar-refractivity contribution in [1.82, 2.24) is 4.90 Å². The third-order valence-corrected chi connectivity index (χ3v) is 3.20. The van der Waals surface area contributed by atoms with Gasteiger partial charge in [-0.15, -0.1) is 0 Å². The summed E-state index contributed by atoms with van der Waals surface area (Å²) in [6.45, 7) is 5.50. The Labute approximate surface area is 97.5 Å². The molecule has 0 aromatic heterocycles. The normalized spacial score (nSPS) is 12.4. The highest BCUT2D eigenvalue weighted by atomic mass is 16.2. The van der Waals surface area contributed by atoms with Crippen molar-refractivity contribution >= 4 is 5.91 Å². The number of nitrogens with zero attached hydrogens (tertiary/aromatic N) is 3. The standard InChI is InChI=1S/C12H19N3O/c1-5-12(6-2,9-14)11(16)15(4)10(3)7-8-13/h10H,5-7H2,1-4H3. The number of amides is 1. The van der Waals surface area contributed by atoms with Gasteiger partial charge in [0.1, 0.15) is 5.41 Å². The SMILES string of the molecule is CCC(C#N)(CC)C(=O)N(C)C(C)CC#N. The minimum atomic E-state index is -0.932. The Morgan fingerprint density at radius 2 is 1.88 bits per heavy atom. The lowest BCUT2D eigenvalue weighted by atomic mass is 9.82. The van der Waals surface area contributed by atoms with E-state index in [1.807, 2.05) is 26.8 Å². The van der Waals surface area contributed by atoms with Crippen LogP contribution in [0.4, 0.5) is 0 Å². The first-order valence-corrected chi connectivity index (χ1v) is 5.54. The van der Waals surface area contributed by atoms with Crippen molar-refractivity contribution in [3.8, 4) is 12.1 Å². The molecular weight excluding hydrogens is 202 g/mol. The van der Waals surface area contributed by atoms with Gasteiger partial charge in [-0.05, 0) is 19.8 Å². The van der Waals surface area contributed by atoms with E-state index in [1.54, 1.807) is 7.05 Å². The summed E-state index contributed by atoms with van der Waals surface area (Å²) in [6, 6.07) is 4.00. The highest BCUT2D eigenvalue weighted by Crippen LogP contribution is 2.28. The van der Waals surface area contributed by atoms with Gasteiger partial charge in [0.15, 0.2) is 0 Å². The highest BCUT2D eigenvalue weighted by molar-refractivity contribution is 5.85. The number of hydrogen-bond acceptors (Lipinski definition) is 3. The van der Waals surface area contributed by atoms with E-state index in [4.69, 9.17) is 10.5 Å². The summed E-state index contributed by atoms with van der Waals surface area (Å²) < 4.78 is 0. The number of carbonyl (C=O) groups is 1. The molecule has 0 N–H and O–H groups in total. The molecule has 0 aliphatic rings. The molecule has 0 rings (SSSR count). The lowest BCUT2D eigenvalue weighted by Gasteiger charge is -2.31. The van der Waals surface area contributed by atoms with Gasteiger partial charge in [0.2, 0.25) is 5.91 Å². The van der Waals surface area contributed by atoms with Gasteiger partial charge in [-0.25, -0.2) is 0 Å². The van der Waals surface area contributed by atoms with Gasteiger partial charge >= 0.3 is 0 Å². The molecule has 1 unspecified atom stereocenters. The predicted octanol–water partition coefficient (Wildman–Crippen LogP) is 2.08. The van der Waals surface area contributed by atoms with E-state index in [0.717, 1.165) is 0 Å². The van der Waals surface area contributed by atoms with E-state index in [9.17, 15) is 4.79 Å². The van der Waals surface area contributed by atoms with Crippen molar-refractivity contribution in [3.63, 3.8) is 0 Å². The fourth-order valence-electron chi connectivity index (χ4n) is 1.57. The lowest BCUT2D eigenvalue weighted by Crippen LogP contribution is -2.44. The zero-order chi connectivity index (χ0) is 12.8. The third kappa shape index (κ3) is 2.73. The fraction of sp³-hybridized carbons (Fsp3) is 0.750. The maximum absolute atomic E-state index is 12.2. The van der Waals surface area contributed by atoms with Crippen molar-refractivity contribution in [2.45, 2.75) is 46.1 Å². The van der Waals surface area contributed by atoms with Crippen LogP contribution in [0.1, 0.15) is 40.0 Å². The molecule has 4 nitrogen and oxygen atoms in total. The molecule has 88 valence electrons. The molecule has 0 heterocycles. The second kappa shape index (κ2) is 6.12. The Balaban J connectivity index is 4.91. The van der Waals surface area contributed by atoms with Crippen LogP contribution in [0.5, 0.6) is 0 Å². The van der Waals surface area contributed by atoms with Crippen LogP contribution in [0.25, 0.3) is 0 Å². The molecule has 0 saturated heterocycles. The lowest BCUT2D eigenvalue weighted by molar-refractivity contribution is -0.139. The van der Waals surface area contributed by atoms with Crippen molar-refractivity contribution in [3.05, 3.63) is 0 Å². The van der Waals surface area contributed by atoms with Gasteiger partial charge in [-0.1, -0.05) is 13.8 Å². The molecule has 4 heteroatoms. The van der Waals surface area contributed by atoms with Crippen LogP contribution in [-0.2, 0) is 4.79 Å². The third-order valence-electron chi connectivity index (χ3n) is 3.20. The summed E-state index contributed by atoms with van der Waals surface area (Å²) in [4.78, 5) is 13.7. The smallest absolute Gasteiger partial charge is 0.243 e. The quantitative estimate of drug-likeness (QED) is 0.713. The van der Waals surface area contributed by atoms with Crippen LogP contribution in [-0.4, -0.2) is 23.9 Å². The Morgan fingerprint density at radius 1 is 1.38 bits per heavy atom. The highest BCUT2D eigenvalue weighted by Gasteiger charge is 2.38. The van der Waals surface area contributed by atoms with Gasteiger partial charge in [0.25, 0.3) is 0 Å². The molecule has 16 heavy (non-hydrogen) atoms. The molecule has 1 atom stereocenters. The summed E-state index contributed by atoms with van der Waals surface area (Å²) in [6.07, 6.45) is 1.29. The topological polar surface area (TPSA) is 67.9 Å². The van der Waals surface area contributed by atoms with Crippen LogP contribution in [0.2, 0.25) is 0 Å². The molecule has 0 fully saturated rings. The fourth-order valence-corrected chi connectivity index (χ4v) is 1.57. The van der Waals surface area contributed by atoms with Crippen LogP contribution in [0.15, 0.2) is 0 Å². The zero-order valence-corrected chi connectivity index (χ0v) is 10.4. The van der Waals surface area contributed by atoms with Crippen LogP contribution >= 0.6 is 0 Å². The zero-order valence-electron chi connectivity index (χ0n) is 10.4. The van der Waals surface area contributed by atoms with E-state index in [0.29, 0.717) is 12.8 Å². The molecule has 0 spiro atoms. The molecule has 0 aliphatic carbocycles. The first-order chi connectivity index (χ1) is 7.48. The maximum Gasteiger partial charge on any atom is 0.243 e. The van der Waals surface area contributed by atoms with Gasteiger partial charge in [-0.3, -0.25) is 4.79 Å². The minimum Gasteiger partial charge on any atom is -0.341 e. The van der Waals surface area contributed by atoms with Gasteiger partial charge in [-0.2, -0.15) is 10.5 Å². The molecule has 0 radical (unpaired) electrons. The molecule has 0 bridgehead atoms. The van der Waals surface area contributed by atoms with Crippen molar-refractivity contribution in [2.24, 2.45) is 5.41 Å². The second-order valence-corrected chi connectivity index (χ2v) is 4.03. The number of rotatable bonds is 5. The van der Waals surface area contributed by atoms with Crippen LogP contribution < -0.4 is 0 Å². The predicted molar refractivity (Wildman–Crippen MR) is 61.1 cm³/mol. The van der Waals surface area contributed by atoms with Crippen LogP contribution in [0.3, 0.4) is 0 Å². The summed E-state index contributed by atoms with van der Waals surface area (Å²) in [5, 5.41) is 17.7. The molecular formula is C12H19N3O. The molecule has 0 aliphatic heterocycles. The van der Waals surface area contributed by atoms with E-state index >= 15 is 0 Å².